The van der Waals surface area contributed by atoms with Gasteiger partial charge in [0.25, 0.3) is 10.0 Å². The third kappa shape index (κ3) is 3.98. The summed E-state index contributed by atoms with van der Waals surface area (Å²) in [6.07, 6.45) is -0.154. The highest BCUT2D eigenvalue weighted by Crippen LogP contribution is 2.26. The van der Waals surface area contributed by atoms with Gasteiger partial charge in [0.1, 0.15) is 12.7 Å². The second-order valence-corrected chi connectivity index (χ2v) is 7.41. The molecule has 2 aromatic carbocycles. The van der Waals surface area contributed by atoms with Crippen LogP contribution in [0.4, 0.5) is 5.69 Å². The molecule has 1 atom stereocenters. The number of epoxide rings is 1. The van der Waals surface area contributed by atoms with Crippen molar-refractivity contribution in [2.75, 3.05) is 17.7 Å². The molecule has 0 saturated carbocycles. The number of hydrogen-bond acceptors (Lipinski definition) is 5. The van der Waals surface area contributed by atoms with E-state index in [1.807, 2.05) is 6.92 Å². The molecule has 2 aromatic rings. The number of aryl methyl sites for hydroxylation is 1. The van der Waals surface area contributed by atoms with Crippen LogP contribution >= 0.6 is 0 Å². The summed E-state index contributed by atoms with van der Waals surface area (Å²) in [4.78, 5) is 16.7. The molecule has 0 bridgehead atoms. The molecule has 8 heteroatoms. The summed E-state index contributed by atoms with van der Waals surface area (Å²) < 4.78 is 31.7. The van der Waals surface area contributed by atoms with Gasteiger partial charge in [-0.05, 0) is 37.3 Å². The molecule has 1 fully saturated rings. The molecule has 0 aromatic heterocycles. The van der Waals surface area contributed by atoms with Crippen molar-refractivity contribution in [2.24, 2.45) is 0 Å². The Hall–Kier alpha value is -2.42. The Bertz CT molecular complexity index is 874. The first-order chi connectivity index (χ1) is 11.9. The van der Waals surface area contributed by atoms with Gasteiger partial charge in [0.05, 0.1) is 22.8 Å². The van der Waals surface area contributed by atoms with Gasteiger partial charge in [-0.1, -0.05) is 23.8 Å². The Morgan fingerprint density at radius 1 is 1.28 bits per heavy atom. The van der Waals surface area contributed by atoms with Crippen molar-refractivity contribution in [1.29, 1.82) is 0 Å². The number of carboxylic acids is 1. The number of ether oxygens (including phenoxy) is 1. The summed E-state index contributed by atoms with van der Waals surface area (Å²) >= 11 is 0. The molecule has 1 aliphatic heterocycles. The molecular formula is C17H17NO6S. The van der Waals surface area contributed by atoms with Gasteiger partial charge in [-0.25, -0.2) is 4.79 Å². The zero-order valence-corrected chi connectivity index (χ0v) is 14.3. The molecule has 1 aliphatic rings. The van der Waals surface area contributed by atoms with Crippen molar-refractivity contribution in [3.63, 3.8) is 0 Å². The molecule has 0 radical (unpaired) electrons. The van der Waals surface area contributed by atoms with Gasteiger partial charge in [-0.2, -0.15) is 8.42 Å². The number of benzene rings is 2. The summed E-state index contributed by atoms with van der Waals surface area (Å²) in [7, 11) is -4.02. The fourth-order valence-corrected chi connectivity index (χ4v) is 3.42. The Kier molecular flexibility index (Phi) is 4.76. The van der Waals surface area contributed by atoms with Gasteiger partial charge in [-0.3, -0.25) is 4.84 Å². The number of sulfonamides is 1. The summed E-state index contributed by atoms with van der Waals surface area (Å²) in [5.74, 6) is -1.15. The van der Waals surface area contributed by atoms with Crippen LogP contribution in [0.5, 0.6) is 0 Å². The smallest absolute Gasteiger partial charge is 0.335 e. The van der Waals surface area contributed by atoms with Gasteiger partial charge < -0.3 is 9.84 Å². The Labute approximate surface area is 145 Å². The van der Waals surface area contributed by atoms with Crippen LogP contribution in [0.3, 0.4) is 0 Å². The van der Waals surface area contributed by atoms with E-state index < -0.39 is 16.0 Å². The molecule has 1 N–H and O–H groups in total. The fraction of sp³-hybridized carbons (Fsp3) is 0.235. The molecule has 1 unspecified atom stereocenters. The lowest BCUT2D eigenvalue weighted by Crippen LogP contribution is -2.32. The molecule has 1 saturated heterocycles. The van der Waals surface area contributed by atoms with Crippen molar-refractivity contribution >= 4 is 21.7 Å². The maximum Gasteiger partial charge on any atom is 0.335 e. The number of anilines is 1. The molecule has 25 heavy (non-hydrogen) atoms. The van der Waals surface area contributed by atoms with Crippen LogP contribution in [0.25, 0.3) is 0 Å². The van der Waals surface area contributed by atoms with E-state index >= 15 is 0 Å². The Balaban J connectivity index is 1.99. The minimum Gasteiger partial charge on any atom is -0.478 e. The Morgan fingerprint density at radius 2 is 1.96 bits per heavy atom. The van der Waals surface area contributed by atoms with Crippen LogP contribution in [0, 0.1) is 6.92 Å². The summed E-state index contributed by atoms with van der Waals surface area (Å²) in [5, 5.41) is 9.14. The highest BCUT2D eigenvalue weighted by Gasteiger charge is 2.31. The van der Waals surface area contributed by atoms with Crippen molar-refractivity contribution < 1.29 is 27.9 Å². The van der Waals surface area contributed by atoms with Gasteiger partial charge in [0.2, 0.25) is 0 Å². The second-order valence-electron chi connectivity index (χ2n) is 5.65. The average Bonchev–Trinajstić information content (AvgIpc) is 3.40. The largest absolute Gasteiger partial charge is 0.478 e. The number of hydrogen-bond donors (Lipinski definition) is 1. The number of aromatic carboxylic acids is 1. The minimum atomic E-state index is -4.02. The van der Waals surface area contributed by atoms with E-state index in [0.717, 1.165) is 10.0 Å². The van der Waals surface area contributed by atoms with Gasteiger partial charge >= 0.3 is 5.97 Å². The molecule has 7 nitrogen and oxygen atoms in total. The summed E-state index contributed by atoms with van der Waals surface area (Å²) in [5.41, 5.74) is 1.000. The number of rotatable bonds is 7. The normalized spacial score (nSPS) is 16.4. The highest BCUT2D eigenvalue weighted by molar-refractivity contribution is 7.92. The van der Waals surface area contributed by atoms with Gasteiger partial charge in [0.15, 0.2) is 0 Å². The first kappa shape index (κ1) is 17.4. The molecule has 132 valence electrons. The number of carbonyl (C=O) groups is 1. The van der Waals surface area contributed by atoms with Crippen LogP contribution in [-0.4, -0.2) is 38.8 Å². The molecule has 1 heterocycles. The van der Waals surface area contributed by atoms with Crippen LogP contribution in [0.15, 0.2) is 53.4 Å². The van der Waals surface area contributed by atoms with Crippen LogP contribution in [0.1, 0.15) is 15.9 Å². The van der Waals surface area contributed by atoms with Gasteiger partial charge in [0, 0.05) is 0 Å². The SMILES string of the molecule is Cc1ccc(S(=O)(=O)N(OCC2CO2)c2cccc(C(=O)O)c2)cc1. The topological polar surface area (TPSA) is 96.4 Å². The predicted molar refractivity (Wildman–Crippen MR) is 89.9 cm³/mol. The van der Waals surface area contributed by atoms with E-state index in [1.165, 1.54) is 36.4 Å². The Morgan fingerprint density at radius 3 is 2.56 bits per heavy atom. The lowest BCUT2D eigenvalue weighted by Gasteiger charge is -2.23. The van der Waals surface area contributed by atoms with Crippen LogP contribution < -0.4 is 4.47 Å². The second kappa shape index (κ2) is 6.83. The summed E-state index contributed by atoms with van der Waals surface area (Å²) in [6, 6.07) is 11.9. The molecule has 0 aliphatic carbocycles. The first-order valence-electron chi connectivity index (χ1n) is 7.58. The number of carboxylic acid groups (broad SMARTS) is 1. The quantitative estimate of drug-likeness (QED) is 0.598. The van der Waals surface area contributed by atoms with E-state index in [2.05, 4.69) is 0 Å². The highest BCUT2D eigenvalue weighted by atomic mass is 32.2. The fourth-order valence-electron chi connectivity index (χ4n) is 2.16. The van der Waals surface area contributed by atoms with E-state index in [4.69, 9.17) is 14.7 Å². The average molecular weight is 363 g/mol. The summed E-state index contributed by atoms with van der Waals surface area (Å²) in [6.45, 7) is 2.42. The standard InChI is InChI=1S/C17H17NO6S/c1-12-5-7-16(8-6-12)25(21,22)18(24-11-15-10-23-15)14-4-2-3-13(9-14)17(19)20/h2-9,15H,10-11H2,1H3,(H,19,20). The van der Waals surface area contributed by atoms with Crippen molar-refractivity contribution in [2.45, 2.75) is 17.9 Å². The maximum absolute atomic E-state index is 13.0. The van der Waals surface area contributed by atoms with E-state index in [-0.39, 0.29) is 28.9 Å². The lowest BCUT2D eigenvalue weighted by molar-refractivity contribution is 0.0696. The van der Waals surface area contributed by atoms with Gasteiger partial charge in [-0.15, -0.1) is 4.47 Å². The van der Waals surface area contributed by atoms with Crippen molar-refractivity contribution in [3.8, 4) is 0 Å². The maximum atomic E-state index is 13.0. The minimum absolute atomic E-state index is 0.0344. The van der Waals surface area contributed by atoms with Crippen molar-refractivity contribution in [3.05, 3.63) is 59.7 Å². The molecule has 0 amide bonds. The first-order valence-corrected chi connectivity index (χ1v) is 9.02. The number of nitrogens with zero attached hydrogens (tertiary/aromatic N) is 1. The predicted octanol–water partition coefficient (Wildman–Crippen LogP) is 2.22. The molecular weight excluding hydrogens is 346 g/mol. The molecule has 3 rings (SSSR count). The third-order valence-electron chi connectivity index (χ3n) is 3.62. The van der Waals surface area contributed by atoms with E-state index in [9.17, 15) is 13.2 Å². The van der Waals surface area contributed by atoms with Crippen LogP contribution in [-0.2, 0) is 19.6 Å². The zero-order valence-electron chi connectivity index (χ0n) is 13.5. The zero-order chi connectivity index (χ0) is 18.0. The lowest BCUT2D eigenvalue weighted by atomic mass is 10.2. The van der Waals surface area contributed by atoms with E-state index in [1.54, 1.807) is 12.1 Å². The third-order valence-corrected chi connectivity index (χ3v) is 5.24. The van der Waals surface area contributed by atoms with Crippen LogP contribution in [0.2, 0.25) is 0 Å². The molecule has 0 spiro atoms. The van der Waals surface area contributed by atoms with E-state index in [0.29, 0.717) is 6.61 Å². The van der Waals surface area contributed by atoms with Crippen molar-refractivity contribution in [1.82, 2.24) is 0 Å². The monoisotopic (exact) mass is 363 g/mol.